The van der Waals surface area contributed by atoms with Gasteiger partial charge in [-0.25, -0.2) is 0 Å². The van der Waals surface area contributed by atoms with Gasteiger partial charge in [-0.15, -0.1) is 0 Å². The molecular formula is C40H44BrNO6S. The molecule has 3 aliphatic rings. The Labute approximate surface area is 298 Å². The van der Waals surface area contributed by atoms with E-state index in [1.54, 1.807) is 24.3 Å². The molecule has 3 aromatic carbocycles. The van der Waals surface area contributed by atoms with Crippen molar-refractivity contribution >= 4 is 37.6 Å². The summed E-state index contributed by atoms with van der Waals surface area (Å²) >= 11 is 3.59. The first kappa shape index (κ1) is 35.1. The number of carbonyl (C=O) groups is 2. The van der Waals surface area contributed by atoms with Crippen LogP contribution in [-0.4, -0.2) is 38.0 Å². The Morgan fingerprint density at radius 1 is 0.837 bits per heavy atom. The number of Topliss-reactive ketones (excluding diaryl/α,β-unsaturated/α-hetero) is 2. The number of hydrogen-bond donors (Lipinski definition) is 0. The van der Waals surface area contributed by atoms with Crippen LogP contribution in [0, 0.1) is 17.8 Å². The van der Waals surface area contributed by atoms with Gasteiger partial charge >= 0.3 is 10.1 Å². The van der Waals surface area contributed by atoms with Gasteiger partial charge in [-0.3, -0.25) is 9.59 Å². The number of halogens is 1. The van der Waals surface area contributed by atoms with Crippen molar-refractivity contribution in [3.8, 4) is 11.5 Å². The molecule has 0 radical (unpaired) electrons. The van der Waals surface area contributed by atoms with E-state index in [0.29, 0.717) is 53.4 Å². The minimum atomic E-state index is -4.19. The van der Waals surface area contributed by atoms with Crippen molar-refractivity contribution in [1.29, 1.82) is 0 Å². The van der Waals surface area contributed by atoms with Gasteiger partial charge in [0.1, 0.15) is 4.90 Å². The number of rotatable bonds is 9. The maximum atomic E-state index is 14.3. The fraction of sp³-hybridized carbons (Fsp3) is 0.400. The normalized spacial score (nSPS) is 19.1. The third-order valence-electron chi connectivity index (χ3n) is 9.66. The maximum Gasteiger partial charge on any atom is 0.339 e. The number of benzene rings is 3. The zero-order chi connectivity index (χ0) is 35.3. The van der Waals surface area contributed by atoms with Gasteiger partial charge in [0.25, 0.3) is 0 Å². The zero-order valence-corrected chi connectivity index (χ0v) is 31.5. The van der Waals surface area contributed by atoms with Crippen LogP contribution < -0.4 is 8.92 Å². The summed E-state index contributed by atoms with van der Waals surface area (Å²) < 4.78 is 38.9. The Bertz CT molecular complexity index is 1920. The molecule has 9 heteroatoms. The fourth-order valence-corrected chi connectivity index (χ4v) is 9.10. The van der Waals surface area contributed by atoms with Crippen LogP contribution in [0.5, 0.6) is 11.5 Å². The molecule has 258 valence electrons. The molecule has 0 saturated heterocycles. The molecule has 0 fully saturated rings. The Morgan fingerprint density at radius 3 is 1.96 bits per heavy atom. The molecule has 0 N–H and O–H groups in total. The number of allylic oxidation sites excluding steroid dienone is 4. The topological polar surface area (TPSA) is 90.0 Å². The molecule has 0 saturated carbocycles. The molecule has 7 nitrogen and oxygen atoms in total. The number of nitrogens with zero attached hydrogens (tertiary/aromatic N) is 1. The van der Waals surface area contributed by atoms with Crippen LogP contribution >= 0.6 is 15.9 Å². The van der Waals surface area contributed by atoms with Gasteiger partial charge < -0.3 is 13.8 Å². The highest BCUT2D eigenvalue weighted by Crippen LogP contribution is 2.55. The number of ether oxygens (including phenoxy) is 1. The van der Waals surface area contributed by atoms with E-state index >= 15 is 0 Å². The summed E-state index contributed by atoms with van der Waals surface area (Å²) in [6.07, 6.45) is 2.89. The van der Waals surface area contributed by atoms with Crippen LogP contribution in [-0.2, 0) is 26.1 Å². The highest BCUT2D eigenvalue weighted by atomic mass is 79.9. The predicted octanol–water partition coefficient (Wildman–Crippen LogP) is 8.85. The quantitative estimate of drug-likeness (QED) is 0.202. The molecule has 2 aliphatic carbocycles. The van der Waals surface area contributed by atoms with Crippen molar-refractivity contribution < 1.29 is 26.9 Å². The van der Waals surface area contributed by atoms with Crippen LogP contribution in [0.3, 0.4) is 0 Å². The molecule has 0 spiro atoms. The van der Waals surface area contributed by atoms with Gasteiger partial charge in [0, 0.05) is 47.8 Å². The van der Waals surface area contributed by atoms with Crippen LogP contribution in [0.4, 0.5) is 0 Å². The van der Waals surface area contributed by atoms with Crippen LogP contribution in [0.15, 0.2) is 98.6 Å². The number of hydrogen-bond acceptors (Lipinski definition) is 7. The second-order valence-electron chi connectivity index (χ2n) is 15.0. The van der Waals surface area contributed by atoms with Crippen LogP contribution in [0.2, 0.25) is 0 Å². The van der Waals surface area contributed by atoms with E-state index in [-0.39, 0.29) is 45.4 Å². The summed E-state index contributed by atoms with van der Waals surface area (Å²) in [5, 5.41) is 0. The van der Waals surface area contributed by atoms with Crippen molar-refractivity contribution in [2.75, 3.05) is 13.2 Å². The molecule has 49 heavy (non-hydrogen) atoms. The third-order valence-corrected chi connectivity index (χ3v) is 11.5. The van der Waals surface area contributed by atoms with E-state index in [9.17, 15) is 18.0 Å². The smallest absolute Gasteiger partial charge is 0.339 e. The van der Waals surface area contributed by atoms with Crippen LogP contribution in [0.1, 0.15) is 82.9 Å². The van der Waals surface area contributed by atoms with Crippen LogP contribution in [0.25, 0.3) is 0 Å². The van der Waals surface area contributed by atoms with Crippen molar-refractivity contribution in [2.45, 2.75) is 84.5 Å². The van der Waals surface area contributed by atoms with Gasteiger partial charge in [0.15, 0.2) is 23.1 Å². The Kier molecular flexibility index (Phi) is 9.48. The molecular weight excluding hydrogens is 702 g/mol. The van der Waals surface area contributed by atoms with Crippen molar-refractivity contribution in [3.05, 3.63) is 110 Å². The highest BCUT2D eigenvalue weighted by Gasteiger charge is 2.49. The van der Waals surface area contributed by atoms with Gasteiger partial charge in [0.05, 0.1) is 11.1 Å². The second-order valence-corrected chi connectivity index (χ2v) is 17.4. The second kappa shape index (κ2) is 13.2. The zero-order valence-electron chi connectivity index (χ0n) is 29.1. The number of carbonyl (C=O) groups excluding carboxylic acids is 2. The Hall–Kier alpha value is -3.69. The van der Waals surface area contributed by atoms with E-state index < -0.39 is 16.0 Å². The summed E-state index contributed by atoms with van der Waals surface area (Å²) in [6.45, 7) is 13.1. The third kappa shape index (κ3) is 7.15. The molecule has 0 unspecified atom stereocenters. The average Bonchev–Trinajstić information content (AvgIpc) is 3.01. The molecule has 1 heterocycles. The molecule has 1 aliphatic heterocycles. The van der Waals surface area contributed by atoms with E-state index in [2.05, 4.69) is 60.7 Å². The van der Waals surface area contributed by atoms with E-state index in [1.807, 2.05) is 32.0 Å². The maximum absolute atomic E-state index is 14.3. The number of ketones is 2. The Balaban J connectivity index is 1.51. The summed E-state index contributed by atoms with van der Waals surface area (Å²) in [7, 11) is -4.19. The SMILES string of the molecule is CCOc1cc(C2C3=C(CC(C)(C)CC3=O)N(CCc3ccccc3)C3=C2C(=O)CC(C)(C)C3)cc(Br)c1OS(=O)(=O)c1ccc(C)cc1. The fourth-order valence-electron chi connectivity index (χ4n) is 7.50. The standard InChI is InChI=1S/C40H44BrNO6S/c1-7-47-34-20-27(19-29(41)38(34)48-49(45,46)28-15-13-25(2)14-16-28)35-36-30(21-39(3,4)23-32(36)43)42(18-17-26-11-9-8-10-12-26)31-22-40(5,6)24-33(44)37(31)35/h8-16,19-20,35H,7,17-18,21-24H2,1-6H3. The summed E-state index contributed by atoms with van der Waals surface area (Å²) in [4.78, 5) is 31.0. The minimum absolute atomic E-state index is 0.0158. The first-order chi connectivity index (χ1) is 23.1. The summed E-state index contributed by atoms with van der Waals surface area (Å²) in [5.74, 6) is -0.334. The van der Waals surface area contributed by atoms with E-state index in [1.165, 1.54) is 17.7 Å². The first-order valence-corrected chi connectivity index (χ1v) is 19.1. The molecule has 0 aromatic heterocycles. The molecule has 6 rings (SSSR count). The van der Waals surface area contributed by atoms with Gasteiger partial charge in [-0.05, 0) is 95.3 Å². The number of aryl methyl sites for hydroxylation is 1. The lowest BCUT2D eigenvalue weighted by Gasteiger charge is -2.49. The monoisotopic (exact) mass is 745 g/mol. The van der Waals surface area contributed by atoms with Crippen molar-refractivity contribution in [3.63, 3.8) is 0 Å². The summed E-state index contributed by atoms with van der Waals surface area (Å²) in [6, 6.07) is 20.3. The van der Waals surface area contributed by atoms with Crippen molar-refractivity contribution in [2.24, 2.45) is 10.8 Å². The van der Waals surface area contributed by atoms with Gasteiger partial charge in [-0.1, -0.05) is 75.7 Å². The summed E-state index contributed by atoms with van der Waals surface area (Å²) in [5.41, 5.74) is 5.54. The first-order valence-electron chi connectivity index (χ1n) is 16.9. The predicted molar refractivity (Wildman–Crippen MR) is 194 cm³/mol. The minimum Gasteiger partial charge on any atom is -0.490 e. The lowest BCUT2D eigenvalue weighted by Crippen LogP contribution is -2.45. The molecule has 0 atom stereocenters. The molecule has 3 aromatic rings. The Morgan fingerprint density at radius 2 is 1.41 bits per heavy atom. The van der Waals surface area contributed by atoms with Gasteiger partial charge in [-0.2, -0.15) is 8.42 Å². The largest absolute Gasteiger partial charge is 0.490 e. The average molecular weight is 747 g/mol. The molecule has 0 amide bonds. The van der Waals surface area contributed by atoms with E-state index in [0.717, 1.165) is 23.4 Å². The molecule has 0 bridgehead atoms. The lowest BCUT2D eigenvalue weighted by molar-refractivity contribution is -0.119. The van der Waals surface area contributed by atoms with E-state index in [4.69, 9.17) is 8.92 Å². The van der Waals surface area contributed by atoms with Gasteiger partial charge in [0.2, 0.25) is 0 Å². The lowest BCUT2D eigenvalue weighted by atomic mass is 9.63. The highest BCUT2D eigenvalue weighted by molar-refractivity contribution is 9.10. The van der Waals surface area contributed by atoms with Crippen molar-refractivity contribution in [1.82, 2.24) is 4.90 Å².